The number of carbonyl (C=O) groups excluding carboxylic acids is 1. The maximum absolute atomic E-state index is 11.8. The highest BCUT2D eigenvalue weighted by Crippen LogP contribution is 2.18. The van der Waals surface area contributed by atoms with Crippen molar-refractivity contribution in [1.82, 2.24) is 0 Å². The molecule has 0 bridgehead atoms. The largest absolute Gasteiger partial charge is 0.322 e. The predicted octanol–water partition coefficient (Wildman–Crippen LogP) is 3.22. The third-order valence-corrected chi connectivity index (χ3v) is 3.19. The van der Waals surface area contributed by atoms with Crippen molar-refractivity contribution >= 4 is 28.6 Å². The fourth-order valence-corrected chi connectivity index (χ4v) is 2.12. The highest BCUT2D eigenvalue weighted by molar-refractivity contribution is 7.10. The number of aryl methyl sites for hydroxylation is 1. The Morgan fingerprint density at radius 1 is 1.33 bits per heavy atom. The molecule has 92 valence electrons. The van der Waals surface area contributed by atoms with E-state index in [-0.39, 0.29) is 11.6 Å². The molecule has 0 aliphatic rings. The average Bonchev–Trinajstić information content (AvgIpc) is 2.76. The van der Waals surface area contributed by atoms with Crippen LogP contribution in [-0.4, -0.2) is 10.8 Å². The SMILES string of the molecule is Cc1cc(C(=O)Nc2ccc([N+](=O)[O-])cc2)cs1. The average molecular weight is 262 g/mol. The molecule has 0 aliphatic heterocycles. The zero-order valence-electron chi connectivity index (χ0n) is 9.54. The van der Waals surface area contributed by atoms with Crippen LogP contribution in [0.1, 0.15) is 15.2 Å². The second-order valence-corrected chi connectivity index (χ2v) is 4.82. The molecule has 2 rings (SSSR count). The number of hydrogen-bond acceptors (Lipinski definition) is 4. The Bertz CT molecular complexity index is 590. The Kier molecular flexibility index (Phi) is 3.38. The molecule has 0 unspecified atom stereocenters. The van der Waals surface area contributed by atoms with Crippen LogP contribution in [0.15, 0.2) is 35.7 Å². The van der Waals surface area contributed by atoms with Crippen molar-refractivity contribution in [3.8, 4) is 0 Å². The number of hydrogen-bond donors (Lipinski definition) is 1. The van der Waals surface area contributed by atoms with Crippen molar-refractivity contribution in [2.45, 2.75) is 6.92 Å². The van der Waals surface area contributed by atoms with E-state index < -0.39 is 4.92 Å². The third-order valence-electron chi connectivity index (χ3n) is 2.33. The van der Waals surface area contributed by atoms with Gasteiger partial charge in [-0.2, -0.15) is 0 Å². The lowest BCUT2D eigenvalue weighted by molar-refractivity contribution is -0.384. The topological polar surface area (TPSA) is 72.2 Å². The molecule has 1 aromatic heterocycles. The minimum Gasteiger partial charge on any atom is -0.322 e. The summed E-state index contributed by atoms with van der Waals surface area (Å²) in [5, 5.41) is 14.9. The van der Waals surface area contributed by atoms with Crippen LogP contribution in [-0.2, 0) is 0 Å². The summed E-state index contributed by atoms with van der Waals surface area (Å²) in [5.41, 5.74) is 1.13. The van der Waals surface area contributed by atoms with E-state index in [0.717, 1.165) is 4.88 Å². The van der Waals surface area contributed by atoms with Crippen molar-refractivity contribution in [3.05, 3.63) is 56.3 Å². The Morgan fingerprint density at radius 3 is 2.50 bits per heavy atom. The lowest BCUT2D eigenvalue weighted by Crippen LogP contribution is -2.10. The Labute approximate surface area is 107 Å². The number of non-ortho nitro benzene ring substituents is 1. The van der Waals surface area contributed by atoms with Gasteiger partial charge in [-0.3, -0.25) is 14.9 Å². The molecule has 1 amide bonds. The second kappa shape index (κ2) is 4.97. The smallest absolute Gasteiger partial charge is 0.269 e. The number of amides is 1. The number of nitrogens with zero attached hydrogens (tertiary/aromatic N) is 1. The van der Waals surface area contributed by atoms with E-state index in [0.29, 0.717) is 11.3 Å². The number of nitro benzene ring substituents is 1. The highest BCUT2D eigenvalue weighted by Gasteiger charge is 2.09. The first-order valence-electron chi connectivity index (χ1n) is 5.17. The summed E-state index contributed by atoms with van der Waals surface area (Å²) in [6.45, 7) is 1.92. The van der Waals surface area contributed by atoms with Crippen molar-refractivity contribution in [3.63, 3.8) is 0 Å². The van der Waals surface area contributed by atoms with Crippen molar-refractivity contribution in [2.75, 3.05) is 5.32 Å². The number of carbonyl (C=O) groups is 1. The second-order valence-electron chi connectivity index (χ2n) is 3.70. The van der Waals surface area contributed by atoms with E-state index in [1.807, 2.05) is 6.92 Å². The maximum atomic E-state index is 11.8. The summed E-state index contributed by atoms with van der Waals surface area (Å²) < 4.78 is 0. The summed E-state index contributed by atoms with van der Waals surface area (Å²) in [6.07, 6.45) is 0. The van der Waals surface area contributed by atoms with Gasteiger partial charge in [-0.25, -0.2) is 0 Å². The van der Waals surface area contributed by atoms with E-state index in [9.17, 15) is 14.9 Å². The fraction of sp³-hybridized carbons (Fsp3) is 0.0833. The maximum Gasteiger partial charge on any atom is 0.269 e. The van der Waals surface area contributed by atoms with Gasteiger partial charge in [0.05, 0.1) is 10.5 Å². The number of benzene rings is 1. The highest BCUT2D eigenvalue weighted by atomic mass is 32.1. The quantitative estimate of drug-likeness (QED) is 0.681. The zero-order valence-corrected chi connectivity index (χ0v) is 10.4. The standard InChI is InChI=1S/C12H10N2O3S/c1-8-6-9(7-18-8)12(15)13-10-2-4-11(5-3-10)14(16)17/h2-7H,1H3,(H,13,15). The number of nitrogens with one attached hydrogen (secondary N) is 1. The molecule has 1 N–H and O–H groups in total. The van der Waals surface area contributed by atoms with Crippen molar-refractivity contribution in [2.24, 2.45) is 0 Å². The first-order chi connectivity index (χ1) is 8.56. The van der Waals surface area contributed by atoms with Gasteiger partial charge in [0, 0.05) is 28.1 Å². The van der Waals surface area contributed by atoms with Gasteiger partial charge in [0.25, 0.3) is 11.6 Å². The fourth-order valence-electron chi connectivity index (χ4n) is 1.43. The van der Waals surface area contributed by atoms with E-state index in [4.69, 9.17) is 0 Å². The van der Waals surface area contributed by atoms with E-state index in [1.54, 1.807) is 11.4 Å². The summed E-state index contributed by atoms with van der Waals surface area (Å²) in [6, 6.07) is 7.53. The van der Waals surface area contributed by atoms with Crippen LogP contribution < -0.4 is 5.32 Å². The summed E-state index contributed by atoms with van der Waals surface area (Å²) in [5.74, 6) is -0.215. The molecule has 6 heteroatoms. The molecule has 5 nitrogen and oxygen atoms in total. The van der Waals surface area contributed by atoms with E-state index in [2.05, 4.69) is 5.32 Å². The molecular weight excluding hydrogens is 252 g/mol. The van der Waals surface area contributed by atoms with E-state index >= 15 is 0 Å². The molecular formula is C12H10N2O3S. The number of nitro groups is 1. The van der Waals surface area contributed by atoms with Crippen LogP contribution in [0.25, 0.3) is 0 Å². The normalized spacial score (nSPS) is 10.1. The first kappa shape index (κ1) is 12.3. The van der Waals surface area contributed by atoms with Crippen LogP contribution >= 0.6 is 11.3 Å². The Hall–Kier alpha value is -2.21. The molecule has 0 atom stereocenters. The Balaban J connectivity index is 2.10. The molecule has 0 fully saturated rings. The van der Waals surface area contributed by atoms with Crippen LogP contribution in [0.2, 0.25) is 0 Å². The van der Waals surface area contributed by atoms with Gasteiger partial charge in [0.2, 0.25) is 0 Å². The summed E-state index contributed by atoms with van der Waals surface area (Å²) >= 11 is 1.50. The number of thiophene rings is 1. The molecule has 0 spiro atoms. The molecule has 0 aliphatic carbocycles. The van der Waals surface area contributed by atoms with Crippen LogP contribution in [0.3, 0.4) is 0 Å². The van der Waals surface area contributed by atoms with Gasteiger partial charge in [-0.1, -0.05) is 0 Å². The van der Waals surface area contributed by atoms with Crippen LogP contribution in [0.4, 0.5) is 11.4 Å². The van der Waals surface area contributed by atoms with Crippen molar-refractivity contribution < 1.29 is 9.72 Å². The molecule has 1 heterocycles. The molecule has 0 saturated heterocycles. The van der Waals surface area contributed by atoms with Gasteiger partial charge in [-0.15, -0.1) is 11.3 Å². The summed E-state index contributed by atoms with van der Waals surface area (Å²) in [7, 11) is 0. The Morgan fingerprint density at radius 2 is 2.00 bits per heavy atom. The lowest BCUT2D eigenvalue weighted by Gasteiger charge is -2.02. The molecule has 2 aromatic rings. The lowest BCUT2D eigenvalue weighted by atomic mass is 10.2. The van der Waals surface area contributed by atoms with Gasteiger partial charge >= 0.3 is 0 Å². The van der Waals surface area contributed by atoms with Gasteiger partial charge in [0.1, 0.15) is 0 Å². The summed E-state index contributed by atoms with van der Waals surface area (Å²) in [4.78, 5) is 22.9. The predicted molar refractivity (Wildman–Crippen MR) is 70.1 cm³/mol. The van der Waals surface area contributed by atoms with Gasteiger partial charge in [0.15, 0.2) is 0 Å². The number of anilines is 1. The molecule has 1 aromatic carbocycles. The minimum absolute atomic E-state index is 0.000577. The molecule has 18 heavy (non-hydrogen) atoms. The first-order valence-corrected chi connectivity index (χ1v) is 6.05. The van der Waals surface area contributed by atoms with E-state index in [1.165, 1.54) is 35.6 Å². The van der Waals surface area contributed by atoms with Gasteiger partial charge in [-0.05, 0) is 25.1 Å². The van der Waals surface area contributed by atoms with Crippen molar-refractivity contribution in [1.29, 1.82) is 0 Å². The van der Waals surface area contributed by atoms with Crippen LogP contribution in [0, 0.1) is 17.0 Å². The minimum atomic E-state index is -0.478. The van der Waals surface area contributed by atoms with Crippen LogP contribution in [0.5, 0.6) is 0 Å². The third kappa shape index (κ3) is 2.72. The molecule has 0 saturated carbocycles. The number of rotatable bonds is 3. The molecule has 0 radical (unpaired) electrons. The van der Waals surface area contributed by atoms with Gasteiger partial charge < -0.3 is 5.32 Å². The zero-order chi connectivity index (χ0) is 13.1. The monoisotopic (exact) mass is 262 g/mol.